The topological polar surface area (TPSA) is 43.4 Å². The third kappa shape index (κ3) is 1.96. The van der Waals surface area contributed by atoms with Gasteiger partial charge in [-0.25, -0.2) is 8.78 Å². The fourth-order valence-corrected chi connectivity index (χ4v) is 0.591. The van der Waals surface area contributed by atoms with Gasteiger partial charge in [-0.05, 0) is 0 Å². The number of halogens is 2. The Balaban J connectivity index is 2.23. The van der Waals surface area contributed by atoms with Crippen molar-refractivity contribution in [1.29, 1.82) is 0 Å². The molecule has 0 aromatic carbocycles. The van der Waals surface area contributed by atoms with Gasteiger partial charge in [-0.3, -0.25) is 4.79 Å². The van der Waals surface area contributed by atoms with Crippen LogP contribution in [0.15, 0.2) is 0 Å². The minimum Gasteiger partial charge on any atom is -0.455 e. The maximum atomic E-state index is 12.0. The highest BCUT2D eigenvalue weighted by Gasteiger charge is 2.60. The van der Waals surface area contributed by atoms with Gasteiger partial charge in [0.2, 0.25) is 0 Å². The lowest BCUT2D eigenvalue weighted by Gasteiger charge is -1.98. The van der Waals surface area contributed by atoms with Gasteiger partial charge >= 0.3 is 5.97 Å². The van der Waals surface area contributed by atoms with E-state index in [2.05, 4.69) is 4.74 Å². The van der Waals surface area contributed by atoms with Gasteiger partial charge in [0.1, 0.15) is 12.7 Å². The van der Waals surface area contributed by atoms with E-state index < -0.39 is 30.8 Å². The first kappa shape index (κ1) is 8.10. The van der Waals surface area contributed by atoms with Crippen LogP contribution in [0.2, 0.25) is 0 Å². The molecular formula is C6H6F2O3. The zero-order valence-corrected chi connectivity index (χ0v) is 5.55. The molecular weight excluding hydrogens is 158 g/mol. The lowest BCUT2D eigenvalue weighted by atomic mass is 10.5. The molecule has 0 amide bonds. The number of carbonyl (C=O) groups excluding carboxylic acids is 2. The highest BCUT2D eigenvalue weighted by molar-refractivity contribution is 5.83. The maximum Gasteiger partial charge on any atom is 0.313 e. The molecule has 0 bridgehead atoms. The van der Waals surface area contributed by atoms with Crippen molar-refractivity contribution in [1.82, 2.24) is 0 Å². The Morgan fingerprint density at radius 3 is 2.64 bits per heavy atom. The number of aldehydes is 1. The van der Waals surface area contributed by atoms with Crippen molar-refractivity contribution < 1.29 is 23.1 Å². The second-order valence-corrected chi connectivity index (χ2v) is 2.31. The van der Waals surface area contributed by atoms with E-state index in [0.717, 1.165) is 0 Å². The first-order valence-corrected chi connectivity index (χ1v) is 3.07. The average molecular weight is 164 g/mol. The van der Waals surface area contributed by atoms with Crippen molar-refractivity contribution >= 4 is 12.3 Å². The third-order valence-electron chi connectivity index (χ3n) is 1.29. The molecule has 1 saturated carbocycles. The van der Waals surface area contributed by atoms with Gasteiger partial charge in [0.05, 0.1) is 6.42 Å². The summed E-state index contributed by atoms with van der Waals surface area (Å²) >= 11 is 0. The maximum absolute atomic E-state index is 12.0. The summed E-state index contributed by atoms with van der Waals surface area (Å²) < 4.78 is 28.3. The number of rotatable bonds is 3. The predicted octanol–water partition coefficient (Wildman–Crippen LogP) is 0.526. The molecule has 5 heteroatoms. The van der Waals surface area contributed by atoms with Crippen LogP contribution in [0.4, 0.5) is 8.78 Å². The monoisotopic (exact) mass is 164 g/mol. The quantitative estimate of drug-likeness (QED) is 0.347. The summed E-state index contributed by atoms with van der Waals surface area (Å²) in [6, 6.07) is 0. The van der Waals surface area contributed by atoms with Gasteiger partial charge in [0.25, 0.3) is 5.92 Å². The van der Waals surface area contributed by atoms with Crippen molar-refractivity contribution in [3.05, 3.63) is 0 Å². The van der Waals surface area contributed by atoms with Crippen molar-refractivity contribution in [2.24, 2.45) is 0 Å². The molecule has 62 valence electrons. The van der Waals surface area contributed by atoms with Crippen LogP contribution in [-0.2, 0) is 14.3 Å². The largest absolute Gasteiger partial charge is 0.455 e. The Bertz CT molecular complexity index is 190. The second kappa shape index (κ2) is 2.56. The van der Waals surface area contributed by atoms with Crippen LogP contribution in [0.25, 0.3) is 0 Å². The molecule has 1 atom stereocenters. The summed E-state index contributed by atoms with van der Waals surface area (Å²) in [6.45, 7) is 0. The van der Waals surface area contributed by atoms with Crippen LogP contribution in [0.3, 0.4) is 0 Å². The molecule has 1 aliphatic rings. The normalized spacial score (nSPS) is 25.8. The van der Waals surface area contributed by atoms with E-state index in [4.69, 9.17) is 0 Å². The van der Waals surface area contributed by atoms with E-state index in [9.17, 15) is 18.4 Å². The number of hydrogen-bond donors (Lipinski definition) is 0. The number of alkyl halides is 2. The van der Waals surface area contributed by atoms with Gasteiger partial charge in [-0.1, -0.05) is 0 Å². The van der Waals surface area contributed by atoms with Gasteiger partial charge in [0.15, 0.2) is 6.10 Å². The summed E-state index contributed by atoms with van der Waals surface area (Å²) in [5.74, 6) is -3.75. The van der Waals surface area contributed by atoms with Gasteiger partial charge in [-0.2, -0.15) is 0 Å². The minimum atomic E-state index is -2.86. The summed E-state index contributed by atoms with van der Waals surface area (Å²) in [5.41, 5.74) is 0. The molecule has 0 heterocycles. The van der Waals surface area contributed by atoms with Gasteiger partial charge < -0.3 is 9.53 Å². The molecule has 1 rings (SSSR count). The van der Waals surface area contributed by atoms with E-state index in [1.165, 1.54) is 0 Å². The Morgan fingerprint density at radius 2 is 2.27 bits per heavy atom. The smallest absolute Gasteiger partial charge is 0.313 e. The average Bonchev–Trinajstić information content (AvgIpc) is 2.39. The zero-order valence-electron chi connectivity index (χ0n) is 5.55. The number of esters is 1. The van der Waals surface area contributed by atoms with E-state index in [1.807, 2.05) is 0 Å². The van der Waals surface area contributed by atoms with Gasteiger partial charge in [0, 0.05) is 0 Å². The Morgan fingerprint density at radius 1 is 1.73 bits per heavy atom. The molecule has 0 saturated heterocycles. The molecule has 1 unspecified atom stereocenters. The standard InChI is InChI=1S/C6H6F2O3/c7-6(8)3-4(6)11-5(10)1-2-9/h2,4H,1,3H2. The minimum absolute atomic E-state index is 0.322. The summed E-state index contributed by atoms with van der Waals surface area (Å²) in [5, 5.41) is 0. The first-order valence-electron chi connectivity index (χ1n) is 3.07. The predicted molar refractivity (Wildman–Crippen MR) is 30.1 cm³/mol. The molecule has 0 aromatic rings. The molecule has 0 aliphatic heterocycles. The van der Waals surface area contributed by atoms with Crippen LogP contribution in [0, 0.1) is 0 Å². The Kier molecular flexibility index (Phi) is 1.89. The second-order valence-electron chi connectivity index (χ2n) is 2.31. The summed E-state index contributed by atoms with van der Waals surface area (Å²) in [7, 11) is 0. The molecule has 0 aromatic heterocycles. The van der Waals surface area contributed by atoms with Crippen LogP contribution < -0.4 is 0 Å². The zero-order chi connectivity index (χ0) is 8.48. The van der Waals surface area contributed by atoms with Crippen LogP contribution in [0.1, 0.15) is 12.8 Å². The van der Waals surface area contributed by atoms with E-state index in [1.54, 1.807) is 0 Å². The highest BCUT2D eigenvalue weighted by Crippen LogP contribution is 2.44. The molecule has 1 aliphatic carbocycles. The Labute approximate surface area is 61.3 Å². The number of carbonyl (C=O) groups is 2. The van der Waals surface area contributed by atoms with E-state index in [-0.39, 0.29) is 0 Å². The van der Waals surface area contributed by atoms with Crippen molar-refractivity contribution in [3.63, 3.8) is 0 Å². The van der Waals surface area contributed by atoms with Gasteiger partial charge in [-0.15, -0.1) is 0 Å². The van der Waals surface area contributed by atoms with Crippen LogP contribution in [-0.4, -0.2) is 24.3 Å². The Hall–Kier alpha value is -1.00. The highest BCUT2D eigenvalue weighted by atomic mass is 19.3. The van der Waals surface area contributed by atoms with Crippen LogP contribution >= 0.6 is 0 Å². The van der Waals surface area contributed by atoms with Crippen LogP contribution in [0.5, 0.6) is 0 Å². The summed E-state index contributed by atoms with van der Waals surface area (Å²) in [4.78, 5) is 20.1. The molecule has 3 nitrogen and oxygen atoms in total. The molecule has 0 spiro atoms. The molecule has 0 N–H and O–H groups in total. The molecule has 0 radical (unpaired) electrons. The van der Waals surface area contributed by atoms with Crippen molar-refractivity contribution in [3.8, 4) is 0 Å². The number of hydrogen-bond acceptors (Lipinski definition) is 3. The number of ether oxygens (including phenoxy) is 1. The fraction of sp³-hybridized carbons (Fsp3) is 0.667. The van der Waals surface area contributed by atoms with E-state index >= 15 is 0 Å². The molecule has 11 heavy (non-hydrogen) atoms. The molecule has 1 fully saturated rings. The van der Waals surface area contributed by atoms with Crippen molar-refractivity contribution in [2.75, 3.05) is 0 Å². The van der Waals surface area contributed by atoms with Crippen molar-refractivity contribution in [2.45, 2.75) is 24.9 Å². The fourth-order valence-electron chi connectivity index (χ4n) is 0.591. The van der Waals surface area contributed by atoms with E-state index in [0.29, 0.717) is 6.29 Å². The lowest BCUT2D eigenvalue weighted by molar-refractivity contribution is -0.148. The SMILES string of the molecule is O=CCC(=O)OC1CC1(F)F. The summed E-state index contributed by atoms with van der Waals surface area (Å²) in [6.07, 6.45) is -1.84. The first-order chi connectivity index (χ1) is 5.06. The third-order valence-corrected chi connectivity index (χ3v) is 1.29. The lowest BCUT2D eigenvalue weighted by Crippen LogP contribution is -2.11.